The summed E-state index contributed by atoms with van der Waals surface area (Å²) < 4.78 is 21.8. The second-order valence-electron chi connectivity index (χ2n) is 12.0. The number of esters is 3. The van der Waals surface area contributed by atoms with Crippen LogP contribution in [-0.4, -0.2) is 31.1 Å². The molecule has 0 amide bonds. The zero-order chi connectivity index (χ0) is 32.4. The summed E-state index contributed by atoms with van der Waals surface area (Å²) in [6.07, 6.45) is 4.13. The van der Waals surface area contributed by atoms with Gasteiger partial charge in [-0.25, -0.2) is 14.4 Å². The molecule has 0 spiro atoms. The molecule has 3 rings (SSSR count). The maximum atomic E-state index is 13.3. The lowest BCUT2D eigenvalue weighted by Crippen LogP contribution is -2.25. The molecule has 0 unspecified atom stereocenters. The van der Waals surface area contributed by atoms with Crippen molar-refractivity contribution in [1.29, 1.82) is 0 Å². The highest BCUT2D eigenvalue weighted by atomic mass is 16.5. The van der Waals surface area contributed by atoms with Gasteiger partial charge in [0, 0.05) is 16.5 Å². The van der Waals surface area contributed by atoms with Gasteiger partial charge in [-0.05, 0) is 108 Å². The van der Waals surface area contributed by atoms with E-state index in [2.05, 4.69) is 13.2 Å². The minimum atomic E-state index is -0.638. The van der Waals surface area contributed by atoms with Crippen molar-refractivity contribution in [1.82, 2.24) is 0 Å². The molecule has 0 aliphatic carbocycles. The zero-order valence-corrected chi connectivity index (χ0v) is 26.4. The van der Waals surface area contributed by atoms with Crippen LogP contribution < -0.4 is 10.4 Å². The molecule has 0 fully saturated rings. The normalized spacial score (nSPS) is 11.2. The Balaban J connectivity index is 1.83. The number of carbonyl (C=O) groups excluding carboxylic acids is 3. The van der Waals surface area contributed by atoms with E-state index in [9.17, 15) is 19.2 Å². The van der Waals surface area contributed by atoms with Gasteiger partial charge < -0.3 is 18.6 Å². The van der Waals surface area contributed by atoms with Crippen molar-refractivity contribution in [3.05, 3.63) is 88.3 Å². The van der Waals surface area contributed by atoms with Crippen molar-refractivity contribution < 1.29 is 33.0 Å². The predicted octanol–water partition coefficient (Wildman–Crippen LogP) is 7.30. The minimum absolute atomic E-state index is 0.273. The van der Waals surface area contributed by atoms with Gasteiger partial charge in [0.05, 0.1) is 24.2 Å². The SMILES string of the molecule is C=C(C)C(=O)OCCCCc1ccc2cc(-c3ccc(OC(=O)C(C)(C)C)cc3)c(=O)oc2c1CCCCOC(=O)C(=C)C. The highest BCUT2D eigenvalue weighted by Gasteiger charge is 2.24. The second kappa shape index (κ2) is 15.3. The standard InChI is InChI=1S/C36H42O8/c1-23(2)32(37)41-20-10-8-12-25-14-15-27-22-30(26-16-18-28(19-17-26)43-35(40)36(5,6)7)34(39)44-31(27)29(25)13-9-11-21-42-33(38)24(3)4/h14-19,22H,1,3,8-13,20-21H2,2,4-7H3. The van der Waals surface area contributed by atoms with E-state index in [1.165, 1.54) is 0 Å². The Morgan fingerprint density at radius 2 is 1.36 bits per heavy atom. The molecule has 3 aromatic rings. The van der Waals surface area contributed by atoms with Crippen LogP contribution in [0, 0.1) is 5.41 Å². The monoisotopic (exact) mass is 602 g/mol. The van der Waals surface area contributed by atoms with Crippen LogP contribution in [-0.2, 0) is 36.7 Å². The number of benzene rings is 2. The fourth-order valence-corrected chi connectivity index (χ4v) is 4.35. The maximum Gasteiger partial charge on any atom is 0.344 e. The number of rotatable bonds is 14. The van der Waals surface area contributed by atoms with Crippen LogP contribution in [0.4, 0.5) is 0 Å². The highest BCUT2D eigenvalue weighted by Crippen LogP contribution is 2.29. The number of unbranched alkanes of at least 4 members (excludes halogenated alkanes) is 2. The molecule has 1 aromatic heterocycles. The minimum Gasteiger partial charge on any atom is -0.462 e. The van der Waals surface area contributed by atoms with Crippen molar-refractivity contribution >= 4 is 28.9 Å². The first-order chi connectivity index (χ1) is 20.8. The molecule has 0 saturated heterocycles. The Labute approximate surface area is 258 Å². The van der Waals surface area contributed by atoms with Crippen LogP contribution in [0.1, 0.15) is 71.4 Å². The van der Waals surface area contributed by atoms with E-state index < -0.39 is 23.0 Å². The Morgan fingerprint density at radius 1 is 0.795 bits per heavy atom. The highest BCUT2D eigenvalue weighted by molar-refractivity contribution is 5.87. The van der Waals surface area contributed by atoms with E-state index >= 15 is 0 Å². The van der Waals surface area contributed by atoms with Crippen molar-refractivity contribution in [2.45, 2.75) is 73.1 Å². The summed E-state index contributed by atoms with van der Waals surface area (Å²) >= 11 is 0. The van der Waals surface area contributed by atoms with Crippen LogP contribution in [0.5, 0.6) is 5.75 Å². The van der Waals surface area contributed by atoms with E-state index in [0.717, 1.165) is 22.9 Å². The number of hydrogen-bond donors (Lipinski definition) is 0. The van der Waals surface area contributed by atoms with Gasteiger partial charge in [0.25, 0.3) is 0 Å². The lowest BCUT2D eigenvalue weighted by molar-refractivity contribution is -0.143. The van der Waals surface area contributed by atoms with Gasteiger partial charge in [-0.2, -0.15) is 0 Å². The molecule has 0 aliphatic heterocycles. The van der Waals surface area contributed by atoms with Gasteiger partial charge >= 0.3 is 23.5 Å². The average molecular weight is 603 g/mol. The third-order valence-corrected chi connectivity index (χ3v) is 6.92. The average Bonchev–Trinajstić information content (AvgIpc) is 2.96. The Bertz CT molecular complexity index is 1590. The van der Waals surface area contributed by atoms with Crippen LogP contribution in [0.3, 0.4) is 0 Å². The Morgan fingerprint density at radius 3 is 1.91 bits per heavy atom. The molecule has 2 aromatic carbocycles. The Hall–Kier alpha value is -4.46. The van der Waals surface area contributed by atoms with Gasteiger partial charge in [0.1, 0.15) is 11.3 Å². The van der Waals surface area contributed by atoms with Crippen LogP contribution in [0.25, 0.3) is 22.1 Å². The molecular weight excluding hydrogens is 560 g/mol. The van der Waals surface area contributed by atoms with E-state index in [1.807, 2.05) is 18.2 Å². The van der Waals surface area contributed by atoms with Crippen LogP contribution in [0.15, 0.2) is 76.0 Å². The lowest BCUT2D eigenvalue weighted by atomic mass is 9.94. The molecule has 0 atom stereocenters. The topological polar surface area (TPSA) is 109 Å². The molecule has 0 N–H and O–H groups in total. The first-order valence-electron chi connectivity index (χ1n) is 14.8. The number of aryl methyl sites for hydroxylation is 2. The third kappa shape index (κ3) is 9.53. The fraction of sp³-hybridized carbons (Fsp3) is 0.389. The zero-order valence-electron chi connectivity index (χ0n) is 26.4. The van der Waals surface area contributed by atoms with E-state index in [1.54, 1.807) is 58.9 Å². The van der Waals surface area contributed by atoms with Crippen molar-refractivity contribution in [3.8, 4) is 16.9 Å². The molecule has 0 saturated carbocycles. The van der Waals surface area contributed by atoms with Gasteiger partial charge in [-0.1, -0.05) is 37.4 Å². The number of ether oxygens (including phenoxy) is 3. The van der Waals surface area contributed by atoms with Crippen LogP contribution in [0.2, 0.25) is 0 Å². The maximum absolute atomic E-state index is 13.3. The molecule has 0 aliphatic rings. The Kier molecular flexibility index (Phi) is 11.9. The molecular formula is C36H42O8. The first-order valence-corrected chi connectivity index (χ1v) is 14.8. The molecule has 0 bridgehead atoms. The largest absolute Gasteiger partial charge is 0.462 e. The molecule has 1 heterocycles. The number of hydrogen-bond acceptors (Lipinski definition) is 8. The third-order valence-electron chi connectivity index (χ3n) is 6.92. The van der Waals surface area contributed by atoms with Crippen molar-refractivity contribution in [3.63, 3.8) is 0 Å². The summed E-state index contributed by atoms with van der Waals surface area (Å²) in [6.45, 7) is 16.3. The van der Waals surface area contributed by atoms with Gasteiger partial charge in [0.2, 0.25) is 0 Å². The van der Waals surface area contributed by atoms with Gasteiger partial charge in [-0.15, -0.1) is 0 Å². The first kappa shape index (κ1) is 34.0. The predicted molar refractivity (Wildman–Crippen MR) is 170 cm³/mol. The van der Waals surface area contributed by atoms with Crippen molar-refractivity contribution in [2.75, 3.05) is 13.2 Å². The lowest BCUT2D eigenvalue weighted by Gasteiger charge is -2.16. The van der Waals surface area contributed by atoms with Crippen LogP contribution >= 0.6 is 0 Å². The van der Waals surface area contributed by atoms with Gasteiger partial charge in [-0.3, -0.25) is 4.79 Å². The van der Waals surface area contributed by atoms with E-state index in [0.29, 0.717) is 72.3 Å². The molecule has 44 heavy (non-hydrogen) atoms. The molecule has 8 nitrogen and oxygen atoms in total. The second-order valence-corrected chi connectivity index (χ2v) is 12.0. The summed E-state index contributed by atoms with van der Waals surface area (Å²) in [6, 6.07) is 12.6. The summed E-state index contributed by atoms with van der Waals surface area (Å²) in [5.74, 6) is -0.765. The summed E-state index contributed by atoms with van der Waals surface area (Å²) in [5, 5.41) is 0.783. The summed E-state index contributed by atoms with van der Waals surface area (Å²) in [4.78, 5) is 48.9. The smallest absolute Gasteiger partial charge is 0.344 e. The van der Waals surface area contributed by atoms with E-state index in [4.69, 9.17) is 18.6 Å². The number of fused-ring (bicyclic) bond motifs is 1. The molecule has 234 valence electrons. The summed E-state index contributed by atoms with van der Waals surface area (Å²) in [7, 11) is 0. The fourth-order valence-electron chi connectivity index (χ4n) is 4.35. The van der Waals surface area contributed by atoms with Crippen molar-refractivity contribution in [2.24, 2.45) is 5.41 Å². The van der Waals surface area contributed by atoms with E-state index in [-0.39, 0.29) is 12.6 Å². The number of carbonyl (C=O) groups is 3. The van der Waals surface area contributed by atoms with Gasteiger partial charge in [0.15, 0.2) is 0 Å². The quantitative estimate of drug-likeness (QED) is 0.0622. The summed E-state index contributed by atoms with van der Waals surface area (Å²) in [5.41, 5.74) is 3.16. The molecule has 0 radical (unpaired) electrons. The molecule has 8 heteroatoms.